The number of hydrogen-bond donors (Lipinski definition) is 0. The fraction of sp³-hybridized carbons (Fsp3) is 0.133. The van der Waals surface area contributed by atoms with Crippen molar-refractivity contribution in [3.05, 3.63) is 385 Å². The number of furan rings is 5. The quantitative estimate of drug-likeness (QED) is 0.137. The summed E-state index contributed by atoms with van der Waals surface area (Å²) in [6.45, 7) is 22.1. The Kier molecular flexibility index (Phi) is 21.0. The van der Waals surface area contributed by atoms with E-state index in [9.17, 15) is 4.39 Å². The zero-order chi connectivity index (χ0) is 81.5. The lowest BCUT2D eigenvalue weighted by atomic mass is 9.92. The molecule has 0 bridgehead atoms. The summed E-state index contributed by atoms with van der Waals surface area (Å²) in [6, 6.07) is 122. The molecule has 17 aromatic carbocycles. The summed E-state index contributed by atoms with van der Waals surface area (Å²) in [5, 5.41) is 16.7. The SMILES string of the molecule is CC(C)c1cccc2c1oc1c(-c3ccccc3)cccc12.CC(C)c1cccc2oc3c(-c4ccc(-c5ccccc5)cc4)cccc3c12.CC(C)c1cccc2oc3cc(-c4ccc5ccccc5c4)ccc3c12.CC(C)c1cccc2oc3ccc(F)cc3c12.CC(C)c1cccc2oc3cccc(-c4ccc5ccccc5c4)c3c12. The number of benzene rings is 17. The predicted octanol–water partition coefficient (Wildman–Crippen LogP) is 34.3. The molecule has 0 aliphatic heterocycles. The van der Waals surface area contributed by atoms with Gasteiger partial charge in [-0.3, -0.25) is 0 Å². The van der Waals surface area contributed by atoms with Crippen molar-refractivity contribution < 1.29 is 26.5 Å². The summed E-state index contributed by atoms with van der Waals surface area (Å²) in [5.41, 5.74) is 27.9. The second-order valence-electron chi connectivity index (χ2n) is 32.7. The Balaban J connectivity index is 0.000000103. The Hall–Kier alpha value is -13.8. The Labute approximate surface area is 693 Å². The van der Waals surface area contributed by atoms with Gasteiger partial charge in [0, 0.05) is 65.0 Å². The van der Waals surface area contributed by atoms with Gasteiger partial charge in [-0.15, -0.1) is 0 Å². The van der Waals surface area contributed by atoms with Crippen molar-refractivity contribution in [2.75, 3.05) is 0 Å². The lowest BCUT2D eigenvalue weighted by Crippen LogP contribution is -1.88. The van der Waals surface area contributed by atoms with Gasteiger partial charge in [-0.05, 0) is 196 Å². The summed E-state index contributed by atoms with van der Waals surface area (Å²) < 4.78 is 44.1. The molecule has 0 saturated carbocycles. The van der Waals surface area contributed by atoms with Crippen molar-refractivity contribution in [3.63, 3.8) is 0 Å². The van der Waals surface area contributed by atoms with Crippen LogP contribution in [-0.4, -0.2) is 0 Å². The molecule has 119 heavy (non-hydrogen) atoms. The second-order valence-corrected chi connectivity index (χ2v) is 32.7. The zero-order valence-electron chi connectivity index (χ0n) is 68.8. The molecular formula is C113H93FO5. The fourth-order valence-electron chi connectivity index (χ4n) is 17.4. The van der Waals surface area contributed by atoms with Gasteiger partial charge in [0.25, 0.3) is 0 Å². The maximum atomic E-state index is 13.3. The number of halogens is 1. The maximum Gasteiger partial charge on any atom is 0.143 e. The normalized spacial score (nSPS) is 11.7. The minimum absolute atomic E-state index is 0.223. The number of para-hydroxylation sites is 3. The van der Waals surface area contributed by atoms with Crippen LogP contribution in [0.1, 0.15) is 127 Å². The second kappa shape index (κ2) is 32.7. The molecule has 0 atom stereocenters. The molecule has 0 aliphatic carbocycles. The standard InChI is InChI=1S/C27H22O.2C25H20O.C21H18O.C15H13FO/c1-18(2)22-10-7-13-25-26(22)24-12-6-11-23(27(24)28-25)21-16-14-20(15-17-21)19-8-4-3-5-9-19;1-16(2)20-9-5-11-22-24(20)25-21(10-6-12-23(25)26-22)19-14-13-17-7-3-4-8-18(17)15-19;1-16(2)21-8-5-9-23-25(21)22-13-12-20(15-24(22)26-23)19-11-10-17-6-3-4-7-18(17)14-19;1-14(2)16-10-6-12-18-19-13-7-11-17(21(19)22-20(16)18)15-8-4-3-5-9-15;1-9(2)11-4-3-5-14-15(11)12-8-10(16)6-7-13(12)17-14/h3-18H,1-2H3;2*3-16H,1-2H3;3-14H,1-2H3;3-9H,1-2H3. The van der Waals surface area contributed by atoms with E-state index in [4.69, 9.17) is 22.1 Å². The summed E-state index contributed by atoms with van der Waals surface area (Å²) >= 11 is 0. The molecule has 0 unspecified atom stereocenters. The minimum atomic E-state index is -0.223. The first-order valence-corrected chi connectivity index (χ1v) is 41.6. The Bertz CT molecular complexity index is 7460. The molecule has 0 saturated heterocycles. The van der Waals surface area contributed by atoms with Gasteiger partial charge in [0.15, 0.2) is 0 Å². The fourth-order valence-corrected chi connectivity index (χ4v) is 17.4. The van der Waals surface area contributed by atoms with E-state index in [1.165, 1.54) is 143 Å². The molecule has 5 aromatic heterocycles. The van der Waals surface area contributed by atoms with Crippen LogP contribution < -0.4 is 0 Å². The van der Waals surface area contributed by atoms with Crippen LogP contribution in [0, 0.1) is 5.82 Å². The van der Waals surface area contributed by atoms with Crippen molar-refractivity contribution in [1.29, 1.82) is 0 Å². The largest absolute Gasteiger partial charge is 0.456 e. The van der Waals surface area contributed by atoms with Gasteiger partial charge >= 0.3 is 0 Å². The van der Waals surface area contributed by atoms with Crippen LogP contribution in [0.2, 0.25) is 0 Å². The third-order valence-corrected chi connectivity index (χ3v) is 23.3. The third kappa shape index (κ3) is 14.9. The minimum Gasteiger partial charge on any atom is -0.456 e. The molecule has 5 nitrogen and oxygen atoms in total. The van der Waals surface area contributed by atoms with Crippen LogP contribution >= 0.6 is 0 Å². The Morgan fingerprint density at radius 3 is 1.14 bits per heavy atom. The Morgan fingerprint density at radius 1 is 0.185 bits per heavy atom. The lowest BCUT2D eigenvalue weighted by molar-refractivity contribution is 0.626. The highest BCUT2D eigenvalue weighted by Crippen LogP contribution is 2.45. The highest BCUT2D eigenvalue weighted by atomic mass is 19.1. The molecule has 0 N–H and O–H groups in total. The van der Waals surface area contributed by atoms with Crippen LogP contribution in [-0.2, 0) is 0 Å². The molecule has 0 fully saturated rings. The third-order valence-electron chi connectivity index (χ3n) is 23.3. The number of rotatable bonds is 10. The predicted molar refractivity (Wildman–Crippen MR) is 501 cm³/mol. The molecule has 0 spiro atoms. The van der Waals surface area contributed by atoms with Crippen LogP contribution in [0.4, 0.5) is 4.39 Å². The van der Waals surface area contributed by atoms with Gasteiger partial charge in [0.05, 0.1) is 0 Å². The van der Waals surface area contributed by atoms with Gasteiger partial charge in [-0.2, -0.15) is 0 Å². The first kappa shape index (κ1) is 76.5. The van der Waals surface area contributed by atoms with Crippen LogP contribution in [0.25, 0.3) is 187 Å². The molecular weight excluding hydrogens is 1460 g/mol. The molecule has 0 amide bonds. The topological polar surface area (TPSA) is 65.7 Å². The molecule has 22 rings (SSSR count). The van der Waals surface area contributed by atoms with Gasteiger partial charge in [0.1, 0.15) is 61.6 Å². The smallest absolute Gasteiger partial charge is 0.143 e. The highest BCUT2D eigenvalue weighted by molar-refractivity contribution is 6.16. The van der Waals surface area contributed by atoms with E-state index in [2.05, 4.69) is 379 Å². The molecule has 0 radical (unpaired) electrons. The van der Waals surface area contributed by atoms with E-state index in [0.717, 1.165) is 77.7 Å². The van der Waals surface area contributed by atoms with Crippen molar-refractivity contribution in [3.8, 4) is 55.6 Å². The average Bonchev–Trinajstić information content (AvgIpc) is 1.55. The van der Waals surface area contributed by atoms with Crippen molar-refractivity contribution in [1.82, 2.24) is 0 Å². The van der Waals surface area contributed by atoms with E-state index in [1.807, 2.05) is 24.3 Å². The maximum absolute atomic E-state index is 13.3. The summed E-state index contributed by atoms with van der Waals surface area (Å²) in [5.74, 6) is 1.99. The van der Waals surface area contributed by atoms with Crippen LogP contribution in [0.15, 0.2) is 374 Å². The first-order valence-electron chi connectivity index (χ1n) is 41.6. The molecule has 5 heterocycles. The Morgan fingerprint density at radius 2 is 0.555 bits per heavy atom. The number of fused-ring (bicyclic) bond motifs is 17. The molecule has 582 valence electrons. The van der Waals surface area contributed by atoms with E-state index in [1.54, 1.807) is 12.1 Å². The summed E-state index contributed by atoms with van der Waals surface area (Å²) in [6.07, 6.45) is 0. The van der Waals surface area contributed by atoms with Crippen molar-refractivity contribution >= 4 is 131 Å². The highest BCUT2D eigenvalue weighted by Gasteiger charge is 2.22. The van der Waals surface area contributed by atoms with E-state index < -0.39 is 0 Å². The monoisotopic (exact) mass is 1550 g/mol. The van der Waals surface area contributed by atoms with Crippen molar-refractivity contribution in [2.24, 2.45) is 0 Å². The van der Waals surface area contributed by atoms with Gasteiger partial charge in [-0.1, -0.05) is 348 Å². The van der Waals surface area contributed by atoms with Crippen LogP contribution in [0.5, 0.6) is 0 Å². The first-order chi connectivity index (χ1) is 58.1. The summed E-state index contributed by atoms with van der Waals surface area (Å²) in [7, 11) is 0. The van der Waals surface area contributed by atoms with E-state index in [0.29, 0.717) is 29.6 Å². The molecule has 22 aromatic rings. The average molecular weight is 1550 g/mol. The lowest BCUT2D eigenvalue weighted by Gasteiger charge is -2.09. The zero-order valence-corrected chi connectivity index (χ0v) is 68.8. The van der Waals surface area contributed by atoms with Crippen LogP contribution in [0.3, 0.4) is 0 Å². The van der Waals surface area contributed by atoms with Crippen molar-refractivity contribution in [2.45, 2.75) is 98.8 Å². The van der Waals surface area contributed by atoms with E-state index in [-0.39, 0.29) is 5.82 Å². The summed E-state index contributed by atoms with van der Waals surface area (Å²) in [4.78, 5) is 0. The van der Waals surface area contributed by atoms with Gasteiger partial charge in [-0.25, -0.2) is 4.39 Å². The number of hydrogen-bond acceptors (Lipinski definition) is 5. The molecule has 0 aliphatic rings. The van der Waals surface area contributed by atoms with E-state index >= 15 is 0 Å². The van der Waals surface area contributed by atoms with Gasteiger partial charge in [0.2, 0.25) is 0 Å². The molecule has 6 heteroatoms. The van der Waals surface area contributed by atoms with Gasteiger partial charge < -0.3 is 22.1 Å².